The Balaban J connectivity index is 4.62. The van der Waals surface area contributed by atoms with Crippen molar-refractivity contribution in [1.82, 2.24) is 10.2 Å². The van der Waals surface area contributed by atoms with Gasteiger partial charge in [-0.1, -0.05) is 20.8 Å². The highest BCUT2D eigenvalue weighted by Gasteiger charge is 2.26. The summed E-state index contributed by atoms with van der Waals surface area (Å²) < 4.78 is 0. The highest BCUT2D eigenvalue weighted by atomic mass is 16.4. The van der Waals surface area contributed by atoms with Crippen LogP contribution in [0.3, 0.4) is 0 Å². The van der Waals surface area contributed by atoms with Crippen LogP contribution in [-0.2, 0) is 4.79 Å². The van der Waals surface area contributed by atoms with Gasteiger partial charge in [0.2, 0.25) is 0 Å². The molecule has 0 rings (SSSR count). The van der Waals surface area contributed by atoms with Crippen LogP contribution in [0.4, 0.5) is 4.79 Å². The first-order valence-electron chi connectivity index (χ1n) is 6.11. The van der Waals surface area contributed by atoms with Crippen molar-refractivity contribution in [1.29, 1.82) is 0 Å². The van der Waals surface area contributed by atoms with Crippen molar-refractivity contribution in [3.05, 3.63) is 0 Å². The molecule has 1 atom stereocenters. The SMILES string of the molecule is CCCN(C(=O)N[C@@H](C(=O)O)C(C)C)C(C)C. The number of urea groups is 1. The Hall–Kier alpha value is -1.26. The Kier molecular flexibility index (Phi) is 6.61. The van der Waals surface area contributed by atoms with E-state index < -0.39 is 12.0 Å². The first-order valence-corrected chi connectivity index (χ1v) is 6.11. The molecule has 0 aromatic heterocycles. The summed E-state index contributed by atoms with van der Waals surface area (Å²) in [5.74, 6) is -1.12. The molecule has 5 heteroatoms. The van der Waals surface area contributed by atoms with Crippen LogP contribution in [0.1, 0.15) is 41.0 Å². The van der Waals surface area contributed by atoms with Gasteiger partial charge in [-0.25, -0.2) is 9.59 Å². The lowest BCUT2D eigenvalue weighted by Crippen LogP contribution is -2.52. The quantitative estimate of drug-likeness (QED) is 0.750. The third-order valence-corrected chi connectivity index (χ3v) is 2.56. The van der Waals surface area contributed by atoms with Gasteiger partial charge in [0.1, 0.15) is 6.04 Å². The molecule has 100 valence electrons. The molecule has 2 amide bonds. The number of carbonyl (C=O) groups excluding carboxylic acids is 1. The molecule has 5 nitrogen and oxygen atoms in total. The molecule has 0 spiro atoms. The van der Waals surface area contributed by atoms with Crippen LogP contribution < -0.4 is 5.32 Å². The summed E-state index contributed by atoms with van der Waals surface area (Å²) in [5.41, 5.74) is 0. The Bertz CT molecular complexity index is 264. The summed E-state index contributed by atoms with van der Waals surface area (Å²) in [7, 11) is 0. The van der Waals surface area contributed by atoms with Crippen molar-refractivity contribution in [3.63, 3.8) is 0 Å². The van der Waals surface area contributed by atoms with Gasteiger partial charge in [-0.05, 0) is 26.2 Å². The predicted molar refractivity (Wildman–Crippen MR) is 66.9 cm³/mol. The summed E-state index contributed by atoms with van der Waals surface area (Å²) >= 11 is 0. The summed E-state index contributed by atoms with van der Waals surface area (Å²) in [4.78, 5) is 24.6. The van der Waals surface area contributed by atoms with E-state index in [1.54, 1.807) is 18.7 Å². The molecule has 0 aliphatic heterocycles. The highest BCUT2D eigenvalue weighted by molar-refractivity contribution is 5.82. The van der Waals surface area contributed by atoms with Gasteiger partial charge >= 0.3 is 12.0 Å². The molecular formula is C12H24N2O3. The maximum atomic E-state index is 11.9. The number of nitrogens with zero attached hydrogens (tertiary/aromatic N) is 1. The highest BCUT2D eigenvalue weighted by Crippen LogP contribution is 2.05. The van der Waals surface area contributed by atoms with E-state index >= 15 is 0 Å². The molecule has 0 heterocycles. The molecule has 0 unspecified atom stereocenters. The van der Waals surface area contributed by atoms with Crippen LogP contribution in [0, 0.1) is 5.92 Å². The second-order valence-electron chi connectivity index (χ2n) is 4.80. The Labute approximate surface area is 103 Å². The van der Waals surface area contributed by atoms with Gasteiger partial charge in [-0.3, -0.25) is 0 Å². The maximum absolute atomic E-state index is 11.9. The monoisotopic (exact) mass is 244 g/mol. The molecule has 0 radical (unpaired) electrons. The number of carboxylic acids is 1. The zero-order chi connectivity index (χ0) is 13.6. The van der Waals surface area contributed by atoms with Crippen molar-refractivity contribution >= 4 is 12.0 Å². The number of carbonyl (C=O) groups is 2. The molecule has 0 aliphatic carbocycles. The average Bonchev–Trinajstić information content (AvgIpc) is 2.20. The molecule has 2 N–H and O–H groups in total. The van der Waals surface area contributed by atoms with E-state index in [2.05, 4.69) is 5.32 Å². The standard InChI is InChI=1S/C12H24N2O3/c1-6-7-14(9(4)5)12(17)13-10(8(2)3)11(15)16/h8-10H,6-7H2,1-5H3,(H,13,17)(H,15,16)/t10-/m1/s1. The molecule has 0 aliphatic rings. The van der Waals surface area contributed by atoms with Gasteiger partial charge in [0, 0.05) is 12.6 Å². The number of hydrogen-bond acceptors (Lipinski definition) is 2. The molecule has 0 bridgehead atoms. The lowest BCUT2D eigenvalue weighted by Gasteiger charge is -2.29. The van der Waals surface area contributed by atoms with Crippen LogP contribution in [-0.4, -0.2) is 40.6 Å². The molecule has 17 heavy (non-hydrogen) atoms. The second-order valence-corrected chi connectivity index (χ2v) is 4.80. The van der Waals surface area contributed by atoms with Gasteiger partial charge in [-0.2, -0.15) is 0 Å². The van der Waals surface area contributed by atoms with Gasteiger partial charge in [0.25, 0.3) is 0 Å². The van der Waals surface area contributed by atoms with Crippen molar-refractivity contribution in [2.75, 3.05) is 6.54 Å². The summed E-state index contributed by atoms with van der Waals surface area (Å²) in [6.45, 7) is 10.0. The van der Waals surface area contributed by atoms with Crippen molar-refractivity contribution in [2.45, 2.75) is 53.1 Å². The smallest absolute Gasteiger partial charge is 0.326 e. The summed E-state index contributed by atoms with van der Waals surface area (Å²) in [5, 5.41) is 11.6. The maximum Gasteiger partial charge on any atom is 0.326 e. The van der Waals surface area contributed by atoms with Crippen LogP contribution in [0.25, 0.3) is 0 Å². The van der Waals surface area contributed by atoms with E-state index in [-0.39, 0.29) is 18.0 Å². The number of rotatable bonds is 6. The van der Waals surface area contributed by atoms with E-state index in [0.29, 0.717) is 6.54 Å². The van der Waals surface area contributed by atoms with Gasteiger partial charge in [-0.15, -0.1) is 0 Å². The van der Waals surface area contributed by atoms with E-state index in [0.717, 1.165) is 6.42 Å². The first kappa shape index (κ1) is 15.7. The van der Waals surface area contributed by atoms with Crippen LogP contribution in [0.5, 0.6) is 0 Å². The van der Waals surface area contributed by atoms with Gasteiger partial charge in [0.05, 0.1) is 0 Å². The fraction of sp³-hybridized carbons (Fsp3) is 0.833. The Morgan fingerprint density at radius 1 is 1.24 bits per heavy atom. The minimum absolute atomic E-state index is 0.0663. The average molecular weight is 244 g/mol. The zero-order valence-electron chi connectivity index (χ0n) is 11.4. The third-order valence-electron chi connectivity index (χ3n) is 2.56. The van der Waals surface area contributed by atoms with Crippen LogP contribution in [0.15, 0.2) is 0 Å². The van der Waals surface area contributed by atoms with E-state index in [1.807, 2.05) is 20.8 Å². The molecule has 0 fully saturated rings. The molecular weight excluding hydrogens is 220 g/mol. The van der Waals surface area contributed by atoms with E-state index in [1.165, 1.54) is 0 Å². The first-order chi connectivity index (χ1) is 7.81. The minimum atomic E-state index is -0.992. The summed E-state index contributed by atoms with van der Waals surface area (Å²) in [6.07, 6.45) is 0.852. The largest absolute Gasteiger partial charge is 0.480 e. The second kappa shape index (κ2) is 7.14. The van der Waals surface area contributed by atoms with E-state index in [4.69, 9.17) is 5.11 Å². The topological polar surface area (TPSA) is 69.6 Å². The Morgan fingerprint density at radius 2 is 1.76 bits per heavy atom. The van der Waals surface area contributed by atoms with Crippen LogP contribution in [0.2, 0.25) is 0 Å². The number of amides is 2. The molecule has 0 saturated heterocycles. The normalized spacial score (nSPS) is 12.6. The molecule has 0 saturated carbocycles. The summed E-state index contributed by atoms with van der Waals surface area (Å²) in [6, 6.07) is -1.07. The third kappa shape index (κ3) is 5.06. The van der Waals surface area contributed by atoms with Gasteiger partial charge < -0.3 is 15.3 Å². The van der Waals surface area contributed by atoms with Crippen molar-refractivity contribution in [2.24, 2.45) is 5.92 Å². The zero-order valence-corrected chi connectivity index (χ0v) is 11.4. The number of nitrogens with one attached hydrogen (secondary N) is 1. The lowest BCUT2D eigenvalue weighted by molar-refractivity contribution is -0.140. The van der Waals surface area contributed by atoms with Crippen LogP contribution >= 0.6 is 0 Å². The van der Waals surface area contributed by atoms with Crippen molar-refractivity contribution in [3.8, 4) is 0 Å². The van der Waals surface area contributed by atoms with Gasteiger partial charge in [0.15, 0.2) is 0 Å². The number of hydrogen-bond donors (Lipinski definition) is 2. The fourth-order valence-corrected chi connectivity index (χ4v) is 1.56. The minimum Gasteiger partial charge on any atom is -0.480 e. The molecule has 0 aromatic rings. The lowest BCUT2D eigenvalue weighted by atomic mass is 10.1. The van der Waals surface area contributed by atoms with E-state index in [9.17, 15) is 9.59 Å². The molecule has 0 aromatic carbocycles. The Morgan fingerprint density at radius 3 is 2.06 bits per heavy atom. The van der Waals surface area contributed by atoms with Crippen molar-refractivity contribution < 1.29 is 14.7 Å². The predicted octanol–water partition coefficient (Wildman–Crippen LogP) is 1.93. The fourth-order valence-electron chi connectivity index (χ4n) is 1.56. The number of aliphatic carboxylic acids is 1. The number of carboxylic acid groups (broad SMARTS) is 1.